The quantitative estimate of drug-likeness (QED) is 0.789. The molecular formula is C17H36N2. The molecule has 1 rings (SSSR count). The number of nitrogens with zero attached hydrogens (tertiary/aromatic N) is 1. The Kier molecular flexibility index (Phi) is 5.88. The summed E-state index contributed by atoms with van der Waals surface area (Å²) in [6.45, 7) is 21.3. The first-order valence-corrected chi connectivity index (χ1v) is 8.19. The van der Waals surface area contributed by atoms with Crippen LogP contribution in [0.4, 0.5) is 0 Å². The Morgan fingerprint density at radius 3 is 1.84 bits per heavy atom. The van der Waals surface area contributed by atoms with Crippen LogP contribution in [0.15, 0.2) is 0 Å². The van der Waals surface area contributed by atoms with Gasteiger partial charge < -0.3 is 10.2 Å². The smallest absolute Gasteiger partial charge is 0.00967 e. The number of nitrogens with one attached hydrogen (secondary N) is 1. The maximum absolute atomic E-state index is 3.73. The van der Waals surface area contributed by atoms with Gasteiger partial charge in [0, 0.05) is 31.7 Å². The van der Waals surface area contributed by atoms with Crippen LogP contribution in [-0.4, -0.2) is 36.6 Å². The van der Waals surface area contributed by atoms with Crippen LogP contribution in [0.2, 0.25) is 0 Å². The molecule has 1 heterocycles. The molecule has 1 aliphatic heterocycles. The van der Waals surface area contributed by atoms with E-state index in [1.54, 1.807) is 0 Å². The molecule has 0 radical (unpaired) electrons. The first kappa shape index (κ1) is 17.0. The molecule has 0 aliphatic carbocycles. The van der Waals surface area contributed by atoms with Gasteiger partial charge in [-0.25, -0.2) is 0 Å². The second-order valence-electron chi connectivity index (χ2n) is 7.96. The van der Waals surface area contributed by atoms with Crippen LogP contribution in [-0.2, 0) is 0 Å². The van der Waals surface area contributed by atoms with Crippen molar-refractivity contribution in [3.05, 3.63) is 0 Å². The molecule has 0 aromatic rings. The maximum Gasteiger partial charge on any atom is 0.00967 e. The molecule has 1 aliphatic rings. The lowest BCUT2D eigenvalue weighted by atomic mass is 9.81. The van der Waals surface area contributed by atoms with Crippen LogP contribution in [0.5, 0.6) is 0 Å². The first-order valence-electron chi connectivity index (χ1n) is 8.19. The average Bonchev–Trinajstić information content (AvgIpc) is 2.63. The summed E-state index contributed by atoms with van der Waals surface area (Å²) in [5.41, 5.74) is 0.665. The molecule has 0 aromatic carbocycles. The molecule has 1 fully saturated rings. The summed E-state index contributed by atoms with van der Waals surface area (Å²) >= 11 is 0. The van der Waals surface area contributed by atoms with Crippen molar-refractivity contribution in [2.24, 2.45) is 17.3 Å². The van der Waals surface area contributed by atoms with Gasteiger partial charge in [-0.1, -0.05) is 27.7 Å². The monoisotopic (exact) mass is 268 g/mol. The van der Waals surface area contributed by atoms with E-state index in [-0.39, 0.29) is 5.54 Å². The highest BCUT2D eigenvalue weighted by atomic mass is 15.2. The van der Waals surface area contributed by atoms with E-state index in [1.807, 2.05) is 0 Å². The Labute approximate surface area is 121 Å². The van der Waals surface area contributed by atoms with Crippen molar-refractivity contribution < 1.29 is 0 Å². The van der Waals surface area contributed by atoms with Gasteiger partial charge in [0.1, 0.15) is 0 Å². The second-order valence-corrected chi connectivity index (χ2v) is 7.96. The van der Waals surface area contributed by atoms with E-state index < -0.39 is 0 Å². The number of rotatable bonds is 6. The van der Waals surface area contributed by atoms with Crippen molar-refractivity contribution in [1.82, 2.24) is 10.2 Å². The zero-order chi connectivity index (χ0) is 14.7. The van der Waals surface area contributed by atoms with Crippen LogP contribution in [0, 0.1) is 17.3 Å². The molecule has 2 atom stereocenters. The van der Waals surface area contributed by atoms with E-state index in [4.69, 9.17) is 0 Å². The molecule has 1 N–H and O–H groups in total. The van der Waals surface area contributed by atoms with Crippen molar-refractivity contribution in [3.63, 3.8) is 0 Å². The van der Waals surface area contributed by atoms with Gasteiger partial charge in [0.25, 0.3) is 0 Å². The van der Waals surface area contributed by atoms with E-state index in [0.29, 0.717) is 5.41 Å². The summed E-state index contributed by atoms with van der Waals surface area (Å²) in [4.78, 5) is 2.70. The van der Waals surface area contributed by atoms with E-state index in [1.165, 1.54) is 32.5 Å². The Morgan fingerprint density at radius 1 is 1.00 bits per heavy atom. The van der Waals surface area contributed by atoms with E-state index in [2.05, 4.69) is 58.7 Å². The fourth-order valence-electron chi connectivity index (χ4n) is 3.08. The molecule has 0 amide bonds. The predicted molar refractivity (Wildman–Crippen MR) is 85.5 cm³/mol. The molecule has 19 heavy (non-hydrogen) atoms. The predicted octanol–water partition coefficient (Wildman–Crippen LogP) is 3.77. The van der Waals surface area contributed by atoms with Gasteiger partial charge in [-0.15, -0.1) is 0 Å². The Morgan fingerprint density at radius 2 is 1.47 bits per heavy atom. The highest BCUT2D eigenvalue weighted by Crippen LogP contribution is 2.31. The third-order valence-electron chi connectivity index (χ3n) is 5.12. The summed E-state index contributed by atoms with van der Waals surface area (Å²) in [6.07, 6.45) is 2.54. The molecule has 2 nitrogen and oxygen atoms in total. The fraction of sp³-hybridized carbons (Fsp3) is 1.00. The minimum Gasteiger partial charge on any atom is -0.311 e. The molecule has 114 valence electrons. The third kappa shape index (κ3) is 5.07. The average molecular weight is 268 g/mol. The van der Waals surface area contributed by atoms with Crippen LogP contribution in [0.3, 0.4) is 0 Å². The molecule has 0 saturated carbocycles. The van der Waals surface area contributed by atoms with Gasteiger partial charge in [-0.05, 0) is 50.9 Å². The normalized spacial score (nSPS) is 26.1. The van der Waals surface area contributed by atoms with Gasteiger partial charge in [-0.3, -0.25) is 0 Å². The van der Waals surface area contributed by atoms with Gasteiger partial charge >= 0.3 is 0 Å². The van der Waals surface area contributed by atoms with Gasteiger partial charge in [-0.2, -0.15) is 0 Å². The minimum atomic E-state index is 0.223. The Hall–Kier alpha value is -0.0800. The van der Waals surface area contributed by atoms with Gasteiger partial charge in [0.15, 0.2) is 0 Å². The second kappa shape index (κ2) is 6.58. The summed E-state index contributed by atoms with van der Waals surface area (Å²) in [7, 11) is 0. The largest absolute Gasteiger partial charge is 0.311 e. The molecule has 0 bridgehead atoms. The number of hydrogen-bond acceptors (Lipinski definition) is 2. The summed E-state index contributed by atoms with van der Waals surface area (Å²) in [6, 6.07) is 0. The number of likely N-dealkylation sites (tertiary alicyclic amines) is 1. The van der Waals surface area contributed by atoms with Crippen LogP contribution in [0.1, 0.15) is 61.3 Å². The zero-order valence-electron chi connectivity index (χ0n) is 14.3. The van der Waals surface area contributed by atoms with E-state index >= 15 is 0 Å². The van der Waals surface area contributed by atoms with Crippen molar-refractivity contribution in [2.75, 3.05) is 26.2 Å². The fourth-order valence-corrected chi connectivity index (χ4v) is 3.08. The maximum atomic E-state index is 3.73. The highest BCUT2D eigenvalue weighted by molar-refractivity contribution is 4.89. The number of hydrogen-bond donors (Lipinski definition) is 1. The highest BCUT2D eigenvalue weighted by Gasteiger charge is 2.34. The van der Waals surface area contributed by atoms with Crippen molar-refractivity contribution in [1.29, 1.82) is 0 Å². The van der Waals surface area contributed by atoms with Crippen molar-refractivity contribution in [3.8, 4) is 0 Å². The molecular weight excluding hydrogens is 232 g/mol. The third-order valence-corrected chi connectivity index (χ3v) is 5.12. The van der Waals surface area contributed by atoms with E-state index in [0.717, 1.165) is 18.4 Å². The van der Waals surface area contributed by atoms with Gasteiger partial charge in [0.2, 0.25) is 0 Å². The Bertz CT molecular complexity index is 253. The SMILES string of the molecule is CCC(CC)(CNC(C)(C)C)CN1CC(C)C(C)C1. The lowest BCUT2D eigenvalue weighted by molar-refractivity contribution is 0.140. The summed E-state index contributed by atoms with van der Waals surface area (Å²) in [5, 5.41) is 3.73. The zero-order valence-corrected chi connectivity index (χ0v) is 14.3. The molecule has 0 aromatic heterocycles. The van der Waals surface area contributed by atoms with Crippen LogP contribution >= 0.6 is 0 Å². The summed E-state index contributed by atoms with van der Waals surface area (Å²) in [5.74, 6) is 1.73. The Balaban J connectivity index is 2.61. The molecule has 1 saturated heterocycles. The first-order chi connectivity index (χ1) is 8.71. The van der Waals surface area contributed by atoms with Gasteiger partial charge in [0.05, 0.1) is 0 Å². The molecule has 2 unspecified atom stereocenters. The molecule has 2 heteroatoms. The lowest BCUT2D eigenvalue weighted by Gasteiger charge is -2.38. The molecule has 0 spiro atoms. The van der Waals surface area contributed by atoms with Crippen LogP contribution in [0.25, 0.3) is 0 Å². The lowest BCUT2D eigenvalue weighted by Crippen LogP contribution is -2.48. The summed E-state index contributed by atoms with van der Waals surface area (Å²) < 4.78 is 0. The topological polar surface area (TPSA) is 15.3 Å². The van der Waals surface area contributed by atoms with Crippen molar-refractivity contribution in [2.45, 2.75) is 66.8 Å². The van der Waals surface area contributed by atoms with E-state index in [9.17, 15) is 0 Å². The standard InChI is InChI=1S/C17H36N2/c1-8-17(9-2,12-18-16(5,6)7)13-19-10-14(3)15(4)11-19/h14-15,18H,8-13H2,1-7H3. The minimum absolute atomic E-state index is 0.223. The van der Waals surface area contributed by atoms with Crippen LogP contribution < -0.4 is 5.32 Å². The van der Waals surface area contributed by atoms with Crippen molar-refractivity contribution >= 4 is 0 Å².